The van der Waals surface area contributed by atoms with E-state index in [1.807, 2.05) is 55.4 Å². The Kier molecular flexibility index (Phi) is 5.00. The molecule has 0 unspecified atom stereocenters. The number of hydrogen-bond donors (Lipinski definition) is 1. The molecule has 0 saturated carbocycles. The average Bonchev–Trinajstić information content (AvgIpc) is 2.16. The van der Waals surface area contributed by atoms with Crippen molar-refractivity contribution in [3.63, 3.8) is 0 Å². The van der Waals surface area contributed by atoms with Crippen molar-refractivity contribution in [2.24, 2.45) is 22.7 Å². The van der Waals surface area contributed by atoms with E-state index in [9.17, 15) is 9.90 Å². The predicted molar refractivity (Wildman–Crippen MR) is 73.0 cm³/mol. The molecule has 2 heteroatoms. The van der Waals surface area contributed by atoms with Crippen molar-refractivity contribution in [2.75, 3.05) is 0 Å². The van der Waals surface area contributed by atoms with Crippen LogP contribution in [0.1, 0.15) is 55.4 Å². The van der Waals surface area contributed by atoms with Gasteiger partial charge in [0, 0.05) is 16.9 Å². The monoisotopic (exact) mass is 240 g/mol. The van der Waals surface area contributed by atoms with Gasteiger partial charge < -0.3 is 5.11 Å². The Balaban J connectivity index is 5.13. The molecule has 0 radical (unpaired) electrons. The zero-order valence-corrected chi connectivity index (χ0v) is 12.6. The lowest BCUT2D eigenvalue weighted by Gasteiger charge is -2.30. The van der Waals surface area contributed by atoms with Gasteiger partial charge in [-0.1, -0.05) is 55.4 Å². The molecule has 0 aliphatic carbocycles. The number of carbonyl (C=O) groups is 1. The number of hydrogen-bond acceptors (Lipinski definition) is 2. The maximum atomic E-state index is 12.1. The van der Waals surface area contributed by atoms with Crippen molar-refractivity contribution in [3.05, 3.63) is 11.8 Å². The molecule has 0 heterocycles. The number of ketones is 1. The lowest BCUT2D eigenvalue weighted by atomic mass is 9.74. The third-order valence-corrected chi connectivity index (χ3v) is 4.45. The summed E-state index contributed by atoms with van der Waals surface area (Å²) in [5.74, 6) is 0.722. The van der Waals surface area contributed by atoms with Crippen LogP contribution in [0.3, 0.4) is 0 Å². The highest BCUT2D eigenvalue weighted by molar-refractivity contribution is 5.94. The van der Waals surface area contributed by atoms with Crippen LogP contribution >= 0.6 is 0 Å². The van der Waals surface area contributed by atoms with E-state index in [0.29, 0.717) is 0 Å². The van der Waals surface area contributed by atoms with E-state index in [2.05, 4.69) is 0 Å². The van der Waals surface area contributed by atoms with E-state index in [4.69, 9.17) is 0 Å². The molecular weight excluding hydrogens is 212 g/mol. The zero-order valence-electron chi connectivity index (χ0n) is 12.6. The van der Waals surface area contributed by atoms with Gasteiger partial charge in [0.15, 0.2) is 5.78 Å². The average molecular weight is 240 g/mol. The lowest BCUT2D eigenvalue weighted by Crippen LogP contribution is -2.30. The molecule has 17 heavy (non-hydrogen) atoms. The molecule has 0 aromatic heterocycles. The zero-order chi connectivity index (χ0) is 14.0. The molecule has 0 saturated heterocycles. The van der Waals surface area contributed by atoms with Gasteiger partial charge in [-0.05, 0) is 11.8 Å². The van der Waals surface area contributed by atoms with Crippen LogP contribution in [0.5, 0.6) is 0 Å². The molecule has 0 aromatic rings. The number of allylic oxidation sites excluding steroid dienone is 2. The van der Waals surface area contributed by atoms with Crippen LogP contribution in [-0.2, 0) is 4.79 Å². The minimum absolute atomic E-state index is 0.00118. The van der Waals surface area contributed by atoms with Gasteiger partial charge in [-0.3, -0.25) is 4.79 Å². The van der Waals surface area contributed by atoms with Crippen LogP contribution in [0.4, 0.5) is 0 Å². The fourth-order valence-electron chi connectivity index (χ4n) is 1.08. The second-order valence-electron chi connectivity index (χ2n) is 6.65. The van der Waals surface area contributed by atoms with Gasteiger partial charge in [-0.25, -0.2) is 0 Å². The summed E-state index contributed by atoms with van der Waals surface area (Å²) in [4.78, 5) is 12.1. The summed E-state index contributed by atoms with van der Waals surface area (Å²) >= 11 is 0. The van der Waals surface area contributed by atoms with Crippen molar-refractivity contribution in [1.29, 1.82) is 0 Å². The lowest BCUT2D eigenvalue weighted by molar-refractivity contribution is -0.124. The summed E-state index contributed by atoms with van der Waals surface area (Å²) in [5.41, 5.74) is -0.788. The minimum Gasteiger partial charge on any atom is -0.512 e. The molecule has 0 aliphatic heterocycles. The van der Waals surface area contributed by atoms with Crippen molar-refractivity contribution < 1.29 is 9.90 Å². The Labute approximate surface area is 106 Å². The molecule has 0 bridgehead atoms. The van der Waals surface area contributed by atoms with Gasteiger partial charge in [-0.15, -0.1) is 0 Å². The van der Waals surface area contributed by atoms with Crippen molar-refractivity contribution >= 4 is 5.78 Å². The van der Waals surface area contributed by atoms with Crippen molar-refractivity contribution in [3.8, 4) is 0 Å². The number of aliphatic hydroxyl groups is 1. The maximum absolute atomic E-state index is 12.1. The van der Waals surface area contributed by atoms with Crippen molar-refractivity contribution in [2.45, 2.75) is 55.4 Å². The fourth-order valence-corrected chi connectivity index (χ4v) is 1.08. The van der Waals surface area contributed by atoms with Crippen LogP contribution in [-0.4, -0.2) is 10.9 Å². The summed E-state index contributed by atoms with van der Waals surface area (Å²) in [5, 5.41) is 10.1. The molecule has 100 valence electrons. The first-order valence-corrected chi connectivity index (χ1v) is 6.39. The molecule has 0 rings (SSSR count). The van der Waals surface area contributed by atoms with E-state index in [1.165, 1.54) is 6.08 Å². The van der Waals surface area contributed by atoms with Crippen molar-refractivity contribution in [1.82, 2.24) is 0 Å². The van der Waals surface area contributed by atoms with Gasteiger partial charge in [0.1, 0.15) is 5.76 Å². The highest BCUT2D eigenvalue weighted by Crippen LogP contribution is 2.35. The van der Waals surface area contributed by atoms with E-state index in [-0.39, 0.29) is 28.8 Å². The molecule has 0 atom stereocenters. The molecule has 0 amide bonds. The van der Waals surface area contributed by atoms with Crippen LogP contribution in [0, 0.1) is 22.7 Å². The normalized spacial score (nSPS) is 14.6. The van der Waals surface area contributed by atoms with Gasteiger partial charge in [-0.2, -0.15) is 0 Å². The van der Waals surface area contributed by atoms with Crippen LogP contribution in [0.2, 0.25) is 0 Å². The Bertz CT molecular complexity index is 307. The summed E-state index contributed by atoms with van der Waals surface area (Å²) in [6, 6.07) is 0. The van der Waals surface area contributed by atoms with E-state index in [1.54, 1.807) is 0 Å². The molecule has 0 aromatic carbocycles. The highest BCUT2D eigenvalue weighted by Gasteiger charge is 2.33. The topological polar surface area (TPSA) is 37.3 Å². The SMILES string of the molecule is CC(C)C(C)(C)C(=O)/C=C(\O)C(C)(C)C(C)C. The Morgan fingerprint density at radius 1 is 0.941 bits per heavy atom. The Hall–Kier alpha value is -0.790. The molecule has 0 aliphatic rings. The molecular formula is C15H28O2. The first-order valence-electron chi connectivity index (χ1n) is 6.39. The quantitative estimate of drug-likeness (QED) is 0.572. The summed E-state index contributed by atoms with van der Waals surface area (Å²) in [6.45, 7) is 15.9. The third-order valence-electron chi connectivity index (χ3n) is 4.45. The van der Waals surface area contributed by atoms with Gasteiger partial charge in [0.2, 0.25) is 0 Å². The Morgan fingerprint density at radius 3 is 1.59 bits per heavy atom. The maximum Gasteiger partial charge on any atom is 0.164 e. The smallest absolute Gasteiger partial charge is 0.164 e. The van der Waals surface area contributed by atoms with Gasteiger partial charge in [0.25, 0.3) is 0 Å². The molecule has 1 N–H and O–H groups in total. The summed E-state index contributed by atoms with van der Waals surface area (Å²) < 4.78 is 0. The van der Waals surface area contributed by atoms with E-state index in [0.717, 1.165) is 0 Å². The van der Waals surface area contributed by atoms with Crippen LogP contribution in [0.25, 0.3) is 0 Å². The fraction of sp³-hybridized carbons (Fsp3) is 0.800. The Morgan fingerprint density at radius 2 is 1.29 bits per heavy atom. The largest absolute Gasteiger partial charge is 0.512 e. The second kappa shape index (κ2) is 5.24. The number of rotatable bonds is 5. The van der Waals surface area contributed by atoms with Crippen LogP contribution < -0.4 is 0 Å². The standard InChI is InChI=1S/C15H28O2/c1-10(2)14(5,6)12(16)9-13(17)15(7,8)11(3)4/h9-11,16H,1-8H3/b12-9-. The third kappa shape index (κ3) is 3.58. The molecule has 0 fully saturated rings. The first-order chi connectivity index (χ1) is 7.44. The first kappa shape index (κ1) is 16.2. The molecule has 0 spiro atoms. The second-order valence-corrected chi connectivity index (χ2v) is 6.65. The van der Waals surface area contributed by atoms with Crippen LogP contribution in [0.15, 0.2) is 11.8 Å². The predicted octanol–water partition coefficient (Wildman–Crippen LogP) is 4.36. The minimum atomic E-state index is -0.430. The van der Waals surface area contributed by atoms with Gasteiger partial charge in [0.05, 0.1) is 0 Å². The highest BCUT2D eigenvalue weighted by atomic mass is 16.3. The number of aliphatic hydroxyl groups excluding tert-OH is 1. The van der Waals surface area contributed by atoms with E-state index < -0.39 is 5.41 Å². The van der Waals surface area contributed by atoms with E-state index >= 15 is 0 Å². The number of carbonyl (C=O) groups excluding carboxylic acids is 1. The molecule has 2 nitrogen and oxygen atoms in total. The summed E-state index contributed by atoms with van der Waals surface area (Å²) in [7, 11) is 0. The summed E-state index contributed by atoms with van der Waals surface area (Å²) in [6.07, 6.45) is 1.42. The van der Waals surface area contributed by atoms with Gasteiger partial charge >= 0.3 is 0 Å².